The molecule has 3 nitrogen and oxygen atoms in total. The molecule has 0 aromatic carbocycles. The van der Waals surface area contributed by atoms with Crippen LogP contribution < -0.4 is 5.73 Å². The maximum Gasteiger partial charge on any atom is 0.225 e. The van der Waals surface area contributed by atoms with Crippen LogP contribution in [0.1, 0.15) is 26.2 Å². The molecule has 1 amide bonds. The molecular formula is C9H18N2O. The molecule has 0 saturated heterocycles. The highest BCUT2D eigenvalue weighted by atomic mass is 16.2. The van der Waals surface area contributed by atoms with E-state index >= 15 is 0 Å². The number of rotatable bonds is 3. The lowest BCUT2D eigenvalue weighted by molar-refractivity contribution is -0.138. The summed E-state index contributed by atoms with van der Waals surface area (Å²) in [4.78, 5) is 13.4. The normalized spacial score (nSPS) is 19.9. The third kappa shape index (κ3) is 1.78. The quantitative estimate of drug-likeness (QED) is 0.674. The Kier molecular flexibility index (Phi) is 3.09. The van der Waals surface area contributed by atoms with Crippen molar-refractivity contribution in [3.63, 3.8) is 0 Å². The van der Waals surface area contributed by atoms with Crippen molar-refractivity contribution in [1.82, 2.24) is 4.90 Å². The summed E-state index contributed by atoms with van der Waals surface area (Å²) in [7, 11) is 1.85. The van der Waals surface area contributed by atoms with Crippen LogP contribution in [0.15, 0.2) is 0 Å². The molecule has 1 atom stereocenters. The van der Waals surface area contributed by atoms with Gasteiger partial charge in [0.2, 0.25) is 5.91 Å². The molecule has 12 heavy (non-hydrogen) atoms. The lowest BCUT2D eigenvalue weighted by Crippen LogP contribution is -2.44. The molecule has 0 aliphatic heterocycles. The van der Waals surface area contributed by atoms with Crippen LogP contribution in [0.3, 0.4) is 0 Å². The second-order valence-corrected chi connectivity index (χ2v) is 3.66. The van der Waals surface area contributed by atoms with Gasteiger partial charge in [-0.15, -0.1) is 0 Å². The Morgan fingerprint density at radius 2 is 2.25 bits per heavy atom. The third-order valence-electron chi connectivity index (χ3n) is 2.80. The van der Waals surface area contributed by atoms with Crippen molar-refractivity contribution in [1.29, 1.82) is 0 Å². The van der Waals surface area contributed by atoms with Crippen LogP contribution in [0.4, 0.5) is 0 Å². The molecule has 0 radical (unpaired) electrons. The van der Waals surface area contributed by atoms with E-state index in [1.807, 2.05) is 14.0 Å². The fourth-order valence-electron chi connectivity index (χ4n) is 1.32. The van der Waals surface area contributed by atoms with Gasteiger partial charge in [0.25, 0.3) is 0 Å². The van der Waals surface area contributed by atoms with E-state index in [1.54, 1.807) is 4.90 Å². The van der Waals surface area contributed by atoms with E-state index in [0.717, 1.165) is 12.8 Å². The van der Waals surface area contributed by atoms with E-state index in [1.165, 1.54) is 6.42 Å². The van der Waals surface area contributed by atoms with Crippen LogP contribution in [-0.4, -0.2) is 30.4 Å². The topological polar surface area (TPSA) is 46.3 Å². The SMILES string of the molecule is CC(CN)N(C)C(=O)C1CCC1. The van der Waals surface area contributed by atoms with Gasteiger partial charge in [-0.25, -0.2) is 0 Å². The maximum atomic E-state index is 11.6. The number of likely N-dealkylation sites (N-methyl/N-ethyl adjacent to an activating group) is 1. The van der Waals surface area contributed by atoms with Crippen LogP contribution in [-0.2, 0) is 4.79 Å². The molecule has 0 heterocycles. The first-order valence-electron chi connectivity index (χ1n) is 4.63. The minimum absolute atomic E-state index is 0.179. The summed E-state index contributed by atoms with van der Waals surface area (Å²) in [6.45, 7) is 2.53. The minimum Gasteiger partial charge on any atom is -0.342 e. The molecule has 0 aromatic heterocycles. The largest absolute Gasteiger partial charge is 0.342 e. The Balaban J connectivity index is 2.39. The van der Waals surface area contributed by atoms with Crippen molar-refractivity contribution in [2.75, 3.05) is 13.6 Å². The molecule has 1 saturated carbocycles. The zero-order valence-corrected chi connectivity index (χ0v) is 7.92. The summed E-state index contributed by atoms with van der Waals surface area (Å²) in [6, 6.07) is 0.179. The van der Waals surface area contributed by atoms with Crippen molar-refractivity contribution in [3.8, 4) is 0 Å². The average molecular weight is 170 g/mol. The fourth-order valence-corrected chi connectivity index (χ4v) is 1.32. The molecule has 1 aliphatic carbocycles. The number of nitrogens with zero attached hydrogens (tertiary/aromatic N) is 1. The first-order chi connectivity index (χ1) is 5.66. The van der Waals surface area contributed by atoms with E-state index in [0.29, 0.717) is 12.5 Å². The number of carbonyl (C=O) groups excluding carboxylic acids is 1. The van der Waals surface area contributed by atoms with Gasteiger partial charge >= 0.3 is 0 Å². The lowest BCUT2D eigenvalue weighted by atomic mass is 9.84. The third-order valence-corrected chi connectivity index (χ3v) is 2.80. The predicted molar refractivity (Wildman–Crippen MR) is 48.6 cm³/mol. The van der Waals surface area contributed by atoms with E-state index in [2.05, 4.69) is 0 Å². The van der Waals surface area contributed by atoms with Crippen LogP contribution in [0.2, 0.25) is 0 Å². The van der Waals surface area contributed by atoms with Gasteiger partial charge in [0.05, 0.1) is 0 Å². The Morgan fingerprint density at radius 1 is 1.67 bits per heavy atom. The number of hydrogen-bond donors (Lipinski definition) is 1. The minimum atomic E-state index is 0.179. The van der Waals surface area contributed by atoms with Gasteiger partial charge < -0.3 is 10.6 Å². The molecule has 1 rings (SSSR count). The Labute approximate surface area is 73.9 Å². The van der Waals surface area contributed by atoms with Crippen molar-refractivity contribution < 1.29 is 4.79 Å². The van der Waals surface area contributed by atoms with Crippen LogP contribution in [0.5, 0.6) is 0 Å². The predicted octanol–water partition coefficient (Wildman–Crippen LogP) is 0.592. The summed E-state index contributed by atoms with van der Waals surface area (Å²) in [5, 5.41) is 0. The highest BCUT2D eigenvalue weighted by molar-refractivity contribution is 5.79. The van der Waals surface area contributed by atoms with Crippen molar-refractivity contribution in [3.05, 3.63) is 0 Å². The average Bonchev–Trinajstić information content (AvgIpc) is 1.98. The van der Waals surface area contributed by atoms with Crippen molar-refractivity contribution in [2.45, 2.75) is 32.2 Å². The summed E-state index contributed by atoms with van der Waals surface area (Å²) in [5.41, 5.74) is 5.48. The number of nitrogens with two attached hydrogens (primary N) is 1. The van der Waals surface area contributed by atoms with Gasteiger partial charge in [-0.1, -0.05) is 6.42 Å². The van der Waals surface area contributed by atoms with E-state index in [-0.39, 0.29) is 11.9 Å². The van der Waals surface area contributed by atoms with Gasteiger partial charge in [0.15, 0.2) is 0 Å². The summed E-state index contributed by atoms with van der Waals surface area (Å²) in [6.07, 6.45) is 3.35. The van der Waals surface area contributed by atoms with Crippen molar-refractivity contribution in [2.24, 2.45) is 11.7 Å². The lowest BCUT2D eigenvalue weighted by Gasteiger charge is -2.32. The molecule has 1 aliphatic rings. The second kappa shape index (κ2) is 3.90. The van der Waals surface area contributed by atoms with Gasteiger partial charge in [-0.3, -0.25) is 4.79 Å². The molecule has 1 unspecified atom stereocenters. The van der Waals surface area contributed by atoms with Crippen molar-refractivity contribution >= 4 is 5.91 Å². The van der Waals surface area contributed by atoms with Gasteiger partial charge in [0, 0.05) is 25.6 Å². The Morgan fingerprint density at radius 3 is 2.58 bits per heavy atom. The summed E-state index contributed by atoms with van der Waals surface area (Å²) < 4.78 is 0. The monoisotopic (exact) mass is 170 g/mol. The maximum absolute atomic E-state index is 11.6. The molecule has 2 N–H and O–H groups in total. The standard InChI is InChI=1S/C9H18N2O/c1-7(6-10)11(2)9(12)8-4-3-5-8/h7-8H,3-6,10H2,1-2H3. The van der Waals surface area contributed by atoms with Crippen LogP contribution >= 0.6 is 0 Å². The second-order valence-electron chi connectivity index (χ2n) is 3.66. The highest BCUT2D eigenvalue weighted by Crippen LogP contribution is 2.28. The molecule has 0 aromatic rings. The van der Waals surface area contributed by atoms with Gasteiger partial charge in [0.1, 0.15) is 0 Å². The van der Waals surface area contributed by atoms with E-state index < -0.39 is 0 Å². The van der Waals surface area contributed by atoms with E-state index in [9.17, 15) is 4.79 Å². The Bertz CT molecular complexity index is 166. The highest BCUT2D eigenvalue weighted by Gasteiger charge is 2.29. The zero-order valence-electron chi connectivity index (χ0n) is 7.92. The van der Waals surface area contributed by atoms with Gasteiger partial charge in [-0.05, 0) is 19.8 Å². The summed E-state index contributed by atoms with van der Waals surface area (Å²) >= 11 is 0. The smallest absolute Gasteiger partial charge is 0.225 e. The zero-order chi connectivity index (χ0) is 9.14. The molecule has 3 heteroatoms. The van der Waals surface area contributed by atoms with Gasteiger partial charge in [-0.2, -0.15) is 0 Å². The Hall–Kier alpha value is -0.570. The number of hydrogen-bond acceptors (Lipinski definition) is 2. The fraction of sp³-hybridized carbons (Fsp3) is 0.889. The molecule has 70 valence electrons. The first-order valence-corrected chi connectivity index (χ1v) is 4.63. The molecule has 1 fully saturated rings. The van der Waals surface area contributed by atoms with E-state index in [4.69, 9.17) is 5.73 Å². The van der Waals surface area contributed by atoms with Crippen LogP contribution in [0.25, 0.3) is 0 Å². The molecule has 0 bridgehead atoms. The summed E-state index contributed by atoms with van der Waals surface area (Å²) in [5.74, 6) is 0.572. The molecular weight excluding hydrogens is 152 g/mol. The number of carbonyl (C=O) groups is 1. The first kappa shape index (κ1) is 9.52. The molecule has 0 spiro atoms. The number of amides is 1. The van der Waals surface area contributed by atoms with Crippen LogP contribution in [0, 0.1) is 5.92 Å².